The first-order valence-electron chi connectivity index (χ1n) is 5.46. The molecule has 0 aliphatic heterocycles. The number of nitrogens with two attached hydrogens (primary N) is 1. The molecule has 2 N–H and O–H groups in total. The van der Waals surface area contributed by atoms with E-state index in [-0.39, 0.29) is 5.56 Å². The molecule has 0 bridgehead atoms. The molecule has 2 aromatic heterocycles. The fraction of sp³-hybridized carbons (Fsp3) is 0.0833. The van der Waals surface area contributed by atoms with Crippen LogP contribution in [0.3, 0.4) is 0 Å². The zero-order valence-corrected chi connectivity index (χ0v) is 9.74. The van der Waals surface area contributed by atoms with Gasteiger partial charge in [0.1, 0.15) is 11.7 Å². The number of para-hydroxylation sites is 1. The Morgan fingerprint density at radius 3 is 2.67 bits per heavy atom. The average Bonchev–Trinajstić information content (AvgIpc) is 2.73. The van der Waals surface area contributed by atoms with Gasteiger partial charge in [0.15, 0.2) is 5.65 Å². The molecule has 2 heterocycles. The van der Waals surface area contributed by atoms with E-state index >= 15 is 0 Å². The Morgan fingerprint density at radius 1 is 1.22 bits per heavy atom. The molecule has 0 amide bonds. The number of aromatic nitrogens is 4. The molecule has 0 unspecified atom stereocenters. The molecular weight excluding hydrogens is 230 g/mol. The van der Waals surface area contributed by atoms with Crippen LogP contribution >= 0.6 is 0 Å². The maximum Gasteiger partial charge on any atom is 0.283 e. The third-order valence-electron chi connectivity index (χ3n) is 2.79. The Kier molecular flexibility index (Phi) is 2.16. The summed E-state index contributed by atoms with van der Waals surface area (Å²) in [5.74, 6) is 5.51. The summed E-state index contributed by atoms with van der Waals surface area (Å²) in [5, 5.41) is 4.80. The third kappa shape index (κ3) is 1.39. The van der Waals surface area contributed by atoms with Gasteiger partial charge in [-0.15, -0.1) is 0 Å². The van der Waals surface area contributed by atoms with Gasteiger partial charge in [-0.2, -0.15) is 5.10 Å². The third-order valence-corrected chi connectivity index (χ3v) is 2.79. The van der Waals surface area contributed by atoms with Crippen molar-refractivity contribution in [2.24, 2.45) is 0 Å². The summed E-state index contributed by atoms with van der Waals surface area (Å²) in [4.78, 5) is 16.1. The minimum Gasteiger partial charge on any atom is -0.335 e. The van der Waals surface area contributed by atoms with Gasteiger partial charge in [0, 0.05) is 0 Å². The Balaban J connectivity index is 2.41. The molecule has 3 rings (SSSR count). The fourth-order valence-corrected chi connectivity index (χ4v) is 1.93. The molecule has 0 radical (unpaired) electrons. The molecule has 0 aliphatic rings. The lowest BCUT2D eigenvalue weighted by molar-refractivity contribution is 0.865. The molecule has 0 atom stereocenters. The molecule has 1 aromatic carbocycles. The van der Waals surface area contributed by atoms with Crippen LogP contribution in [-0.4, -0.2) is 19.4 Å². The van der Waals surface area contributed by atoms with Crippen LogP contribution in [0.15, 0.2) is 41.5 Å². The van der Waals surface area contributed by atoms with E-state index in [9.17, 15) is 4.79 Å². The van der Waals surface area contributed by atoms with Crippen molar-refractivity contribution in [1.29, 1.82) is 0 Å². The highest BCUT2D eigenvalue weighted by Crippen LogP contribution is 2.16. The summed E-state index contributed by atoms with van der Waals surface area (Å²) in [5.41, 5.74) is 1.70. The van der Waals surface area contributed by atoms with Gasteiger partial charge < -0.3 is 5.84 Å². The molecule has 3 aromatic rings. The second-order valence-corrected chi connectivity index (χ2v) is 3.99. The lowest BCUT2D eigenvalue weighted by atomic mass is 10.3. The highest BCUT2D eigenvalue weighted by atomic mass is 16.1. The number of hydrogen-bond donors (Lipinski definition) is 1. The highest BCUT2D eigenvalue weighted by Gasteiger charge is 2.14. The largest absolute Gasteiger partial charge is 0.335 e. The topological polar surface area (TPSA) is 78.7 Å². The summed E-state index contributed by atoms with van der Waals surface area (Å²) >= 11 is 0. The predicted molar refractivity (Wildman–Crippen MR) is 68.0 cm³/mol. The first-order valence-corrected chi connectivity index (χ1v) is 5.46. The molecule has 0 aliphatic carbocycles. The van der Waals surface area contributed by atoms with Crippen LogP contribution in [0.2, 0.25) is 0 Å². The van der Waals surface area contributed by atoms with Crippen LogP contribution in [0.4, 0.5) is 0 Å². The van der Waals surface area contributed by atoms with Gasteiger partial charge in [0.05, 0.1) is 11.4 Å². The minimum absolute atomic E-state index is 0.292. The number of nitrogens with zero attached hydrogens (tertiary/aromatic N) is 4. The first kappa shape index (κ1) is 10.5. The first-order chi connectivity index (χ1) is 8.68. The van der Waals surface area contributed by atoms with Gasteiger partial charge in [0.25, 0.3) is 5.56 Å². The maximum absolute atomic E-state index is 11.9. The summed E-state index contributed by atoms with van der Waals surface area (Å²) in [7, 11) is 0. The van der Waals surface area contributed by atoms with Crippen LogP contribution in [0.5, 0.6) is 0 Å². The number of hydrogen-bond acceptors (Lipinski definition) is 4. The van der Waals surface area contributed by atoms with Crippen molar-refractivity contribution in [3.05, 3.63) is 52.7 Å². The Morgan fingerprint density at radius 2 is 1.94 bits per heavy atom. The Hall–Kier alpha value is -2.63. The van der Waals surface area contributed by atoms with Gasteiger partial charge in [-0.05, 0) is 19.1 Å². The van der Waals surface area contributed by atoms with E-state index < -0.39 is 0 Å². The standard InChI is InChI=1S/C12H11N5O/c1-8-10-11(14-7-16(13)12(10)18)17(15-8)9-5-3-2-4-6-9/h2-7H,13H2,1H3. The van der Waals surface area contributed by atoms with Crippen molar-refractivity contribution in [3.63, 3.8) is 0 Å². The number of aryl methyl sites for hydroxylation is 1. The summed E-state index contributed by atoms with van der Waals surface area (Å²) in [6, 6.07) is 9.54. The van der Waals surface area contributed by atoms with Crippen LogP contribution in [0.1, 0.15) is 5.69 Å². The van der Waals surface area contributed by atoms with E-state index in [1.165, 1.54) is 6.33 Å². The number of nitrogen functional groups attached to an aromatic ring is 1. The molecule has 18 heavy (non-hydrogen) atoms. The van der Waals surface area contributed by atoms with Crippen molar-refractivity contribution in [2.75, 3.05) is 5.84 Å². The molecule has 0 spiro atoms. The predicted octanol–water partition coefficient (Wildman–Crippen LogP) is 0.604. The van der Waals surface area contributed by atoms with E-state index in [0.29, 0.717) is 16.7 Å². The van der Waals surface area contributed by atoms with Crippen molar-refractivity contribution < 1.29 is 0 Å². The normalized spacial score (nSPS) is 10.9. The molecule has 6 nitrogen and oxygen atoms in total. The quantitative estimate of drug-likeness (QED) is 0.633. The second-order valence-electron chi connectivity index (χ2n) is 3.99. The van der Waals surface area contributed by atoms with Gasteiger partial charge in [-0.1, -0.05) is 18.2 Å². The average molecular weight is 241 g/mol. The van der Waals surface area contributed by atoms with E-state index in [2.05, 4.69) is 10.1 Å². The van der Waals surface area contributed by atoms with E-state index in [4.69, 9.17) is 5.84 Å². The Labute approximate surface area is 102 Å². The molecule has 6 heteroatoms. The van der Waals surface area contributed by atoms with Gasteiger partial charge in [-0.25, -0.2) is 14.3 Å². The smallest absolute Gasteiger partial charge is 0.283 e. The summed E-state index contributed by atoms with van der Waals surface area (Å²) in [6.07, 6.45) is 1.30. The lowest BCUT2D eigenvalue weighted by Gasteiger charge is -2.02. The molecule has 0 saturated heterocycles. The molecule has 90 valence electrons. The summed E-state index contributed by atoms with van der Waals surface area (Å²) < 4.78 is 2.61. The van der Waals surface area contributed by atoms with E-state index in [1.54, 1.807) is 11.6 Å². The summed E-state index contributed by atoms with van der Waals surface area (Å²) in [6.45, 7) is 1.77. The number of benzene rings is 1. The molecule has 0 saturated carbocycles. The van der Waals surface area contributed by atoms with Crippen LogP contribution in [0, 0.1) is 6.92 Å². The van der Waals surface area contributed by atoms with Gasteiger partial charge >= 0.3 is 0 Å². The fourth-order valence-electron chi connectivity index (χ4n) is 1.93. The minimum atomic E-state index is -0.292. The van der Waals surface area contributed by atoms with Crippen LogP contribution in [-0.2, 0) is 0 Å². The monoisotopic (exact) mass is 241 g/mol. The van der Waals surface area contributed by atoms with Crippen molar-refractivity contribution >= 4 is 11.0 Å². The zero-order chi connectivity index (χ0) is 12.7. The SMILES string of the molecule is Cc1nn(-c2ccccc2)c2ncn(N)c(=O)c12. The van der Waals surface area contributed by atoms with Gasteiger partial charge in [-0.3, -0.25) is 4.79 Å². The van der Waals surface area contributed by atoms with Crippen LogP contribution < -0.4 is 11.4 Å². The molecule has 0 fully saturated rings. The van der Waals surface area contributed by atoms with Crippen LogP contribution in [0.25, 0.3) is 16.7 Å². The number of rotatable bonds is 1. The maximum atomic E-state index is 11.9. The number of fused-ring (bicyclic) bond motifs is 1. The van der Waals surface area contributed by atoms with E-state index in [1.807, 2.05) is 30.3 Å². The zero-order valence-electron chi connectivity index (χ0n) is 9.74. The van der Waals surface area contributed by atoms with Crippen molar-refractivity contribution in [3.8, 4) is 5.69 Å². The van der Waals surface area contributed by atoms with E-state index in [0.717, 1.165) is 10.4 Å². The molecular formula is C12H11N5O. The van der Waals surface area contributed by atoms with Crippen molar-refractivity contribution in [1.82, 2.24) is 19.4 Å². The second kappa shape index (κ2) is 3.69. The van der Waals surface area contributed by atoms with Gasteiger partial charge in [0.2, 0.25) is 0 Å². The Bertz CT molecular complexity index is 772. The lowest BCUT2D eigenvalue weighted by Crippen LogP contribution is -2.27. The van der Waals surface area contributed by atoms with Crippen molar-refractivity contribution in [2.45, 2.75) is 6.92 Å². The highest BCUT2D eigenvalue weighted by molar-refractivity contribution is 5.78.